The van der Waals surface area contributed by atoms with Gasteiger partial charge in [-0.2, -0.15) is 0 Å². The molecule has 0 aromatic heterocycles. The zero-order chi connectivity index (χ0) is 14.8. The Morgan fingerprint density at radius 2 is 1.80 bits per heavy atom. The van der Waals surface area contributed by atoms with Gasteiger partial charge in [-0.15, -0.1) is 0 Å². The van der Waals surface area contributed by atoms with E-state index in [-0.39, 0.29) is 0 Å². The molecule has 1 aliphatic carbocycles. The molecular weight excluding hydrogens is 244 g/mol. The normalized spacial score (nSPS) is 22.5. The second kappa shape index (κ2) is 10.0. The van der Waals surface area contributed by atoms with Gasteiger partial charge < -0.3 is 10.7 Å². The number of hydrogen-bond donors (Lipinski definition) is 2. The van der Waals surface area contributed by atoms with Crippen molar-refractivity contribution in [3.8, 4) is 0 Å². The first kappa shape index (κ1) is 17.3. The molecule has 0 aromatic rings. The van der Waals surface area contributed by atoms with Crippen molar-refractivity contribution in [1.29, 1.82) is 5.41 Å². The minimum atomic E-state index is 0.936. The van der Waals surface area contributed by atoms with E-state index in [1.807, 2.05) is 7.05 Å². The largest absolute Gasteiger partial charge is 0.392 e. The van der Waals surface area contributed by atoms with Crippen LogP contribution in [0.5, 0.6) is 0 Å². The Balaban J connectivity index is 2.00. The topological polar surface area (TPSA) is 35.9 Å². The Hall–Kier alpha value is -0.790. The molecule has 1 aliphatic rings. The van der Waals surface area contributed by atoms with Gasteiger partial charge in [0, 0.05) is 18.5 Å². The van der Waals surface area contributed by atoms with E-state index in [1.165, 1.54) is 44.9 Å². The summed E-state index contributed by atoms with van der Waals surface area (Å²) < 4.78 is 0. The van der Waals surface area contributed by atoms with Crippen molar-refractivity contribution in [2.75, 3.05) is 7.05 Å². The second-order valence-corrected chi connectivity index (χ2v) is 6.58. The third kappa shape index (κ3) is 7.12. The molecule has 0 spiro atoms. The first-order valence-electron chi connectivity index (χ1n) is 8.55. The Morgan fingerprint density at radius 3 is 2.50 bits per heavy atom. The number of hydrogen-bond acceptors (Lipinski definition) is 2. The third-order valence-corrected chi connectivity index (χ3v) is 4.90. The summed E-state index contributed by atoms with van der Waals surface area (Å²) in [4.78, 5) is 0. The van der Waals surface area contributed by atoms with Crippen molar-refractivity contribution in [3.63, 3.8) is 0 Å². The molecule has 20 heavy (non-hydrogen) atoms. The van der Waals surface area contributed by atoms with Crippen LogP contribution in [0.25, 0.3) is 0 Å². The number of rotatable bonds is 10. The molecule has 2 heteroatoms. The molecule has 0 heterocycles. The molecule has 116 valence electrons. The van der Waals surface area contributed by atoms with E-state index in [9.17, 15) is 0 Å². The van der Waals surface area contributed by atoms with Gasteiger partial charge in [-0.1, -0.05) is 52.0 Å². The van der Waals surface area contributed by atoms with E-state index in [1.54, 1.807) is 0 Å². The molecule has 0 aromatic carbocycles. The zero-order valence-corrected chi connectivity index (χ0v) is 13.6. The van der Waals surface area contributed by atoms with Crippen molar-refractivity contribution >= 4 is 5.71 Å². The third-order valence-electron chi connectivity index (χ3n) is 4.90. The van der Waals surface area contributed by atoms with Crippen molar-refractivity contribution in [1.82, 2.24) is 5.32 Å². The fraction of sp³-hybridized carbons (Fsp3) is 0.833. The van der Waals surface area contributed by atoms with Crippen LogP contribution in [0.15, 0.2) is 12.3 Å². The van der Waals surface area contributed by atoms with E-state index in [4.69, 9.17) is 5.41 Å². The fourth-order valence-corrected chi connectivity index (χ4v) is 3.33. The van der Waals surface area contributed by atoms with Gasteiger partial charge in [0.2, 0.25) is 0 Å². The van der Waals surface area contributed by atoms with Gasteiger partial charge in [-0.3, -0.25) is 0 Å². The Morgan fingerprint density at radius 1 is 1.10 bits per heavy atom. The average Bonchev–Trinajstić information content (AvgIpc) is 2.45. The molecule has 0 saturated heterocycles. The quantitative estimate of drug-likeness (QED) is 0.413. The summed E-state index contributed by atoms with van der Waals surface area (Å²) in [5, 5.41) is 11.1. The van der Waals surface area contributed by atoms with Crippen LogP contribution in [-0.2, 0) is 0 Å². The maximum atomic E-state index is 8.00. The first-order valence-corrected chi connectivity index (χ1v) is 8.55. The highest BCUT2D eigenvalue weighted by Gasteiger charge is 2.20. The molecule has 2 atom stereocenters. The SMILES string of the molecule is C=C(CCCC(=N)CCCCC1CCCCC1C)NC. The highest BCUT2D eigenvalue weighted by Crippen LogP contribution is 2.33. The van der Waals surface area contributed by atoms with E-state index in [0.29, 0.717) is 0 Å². The lowest BCUT2D eigenvalue weighted by Gasteiger charge is -2.28. The minimum Gasteiger partial charge on any atom is -0.392 e. The number of nitrogens with one attached hydrogen (secondary N) is 2. The van der Waals surface area contributed by atoms with Crippen LogP contribution >= 0.6 is 0 Å². The van der Waals surface area contributed by atoms with Gasteiger partial charge in [-0.05, 0) is 43.9 Å². The summed E-state index contributed by atoms with van der Waals surface area (Å²) >= 11 is 0. The van der Waals surface area contributed by atoms with Crippen molar-refractivity contribution in [2.45, 2.75) is 77.6 Å². The lowest BCUT2D eigenvalue weighted by molar-refractivity contribution is 0.237. The average molecular weight is 278 g/mol. The van der Waals surface area contributed by atoms with Gasteiger partial charge in [0.15, 0.2) is 0 Å². The first-order chi connectivity index (χ1) is 9.63. The summed E-state index contributed by atoms with van der Waals surface area (Å²) in [6, 6.07) is 0. The summed E-state index contributed by atoms with van der Waals surface area (Å²) in [6.45, 7) is 6.35. The lowest BCUT2D eigenvalue weighted by atomic mass is 9.78. The Bertz CT molecular complexity index is 296. The second-order valence-electron chi connectivity index (χ2n) is 6.58. The van der Waals surface area contributed by atoms with Crippen molar-refractivity contribution in [2.24, 2.45) is 11.8 Å². The maximum absolute atomic E-state index is 8.00. The summed E-state index contributed by atoms with van der Waals surface area (Å²) in [7, 11) is 1.92. The predicted octanol–water partition coefficient (Wildman–Crippen LogP) is 5.30. The van der Waals surface area contributed by atoms with E-state index in [2.05, 4.69) is 18.8 Å². The predicted molar refractivity (Wildman–Crippen MR) is 89.4 cm³/mol. The van der Waals surface area contributed by atoms with Crippen LogP contribution in [0, 0.1) is 17.2 Å². The van der Waals surface area contributed by atoms with Crippen LogP contribution in [0.3, 0.4) is 0 Å². The Labute approximate surface area is 125 Å². The maximum Gasteiger partial charge on any atom is 0.00892 e. The molecule has 1 saturated carbocycles. The molecule has 2 unspecified atom stereocenters. The highest BCUT2D eigenvalue weighted by molar-refractivity contribution is 5.81. The molecule has 0 aliphatic heterocycles. The van der Waals surface area contributed by atoms with Gasteiger partial charge in [-0.25, -0.2) is 0 Å². The molecule has 0 bridgehead atoms. The molecule has 1 fully saturated rings. The molecule has 1 rings (SSSR count). The molecule has 2 nitrogen and oxygen atoms in total. The van der Waals surface area contributed by atoms with Crippen molar-refractivity contribution in [3.05, 3.63) is 12.3 Å². The molecule has 0 radical (unpaired) electrons. The van der Waals surface area contributed by atoms with E-state index in [0.717, 1.165) is 48.9 Å². The summed E-state index contributed by atoms with van der Waals surface area (Å²) in [6.07, 6.45) is 13.7. The van der Waals surface area contributed by atoms with Crippen molar-refractivity contribution < 1.29 is 0 Å². The van der Waals surface area contributed by atoms with Gasteiger partial charge in [0.25, 0.3) is 0 Å². The lowest BCUT2D eigenvalue weighted by Crippen LogP contribution is -2.16. The smallest absolute Gasteiger partial charge is 0.00892 e. The van der Waals surface area contributed by atoms with Crippen LogP contribution in [0.1, 0.15) is 77.6 Å². The van der Waals surface area contributed by atoms with Crippen LogP contribution < -0.4 is 5.32 Å². The van der Waals surface area contributed by atoms with Gasteiger partial charge in [0.1, 0.15) is 0 Å². The van der Waals surface area contributed by atoms with Crippen LogP contribution in [0.4, 0.5) is 0 Å². The number of unbranched alkanes of at least 4 members (excludes halogenated alkanes) is 1. The standard InChI is InChI=1S/C18H34N2/c1-15-9-4-5-11-17(15)12-6-7-13-18(19)14-8-10-16(2)20-3/h15,17,19-20H,2,4-14H2,1,3H3. The van der Waals surface area contributed by atoms with E-state index < -0.39 is 0 Å². The highest BCUT2D eigenvalue weighted by atomic mass is 14.8. The zero-order valence-electron chi connectivity index (χ0n) is 13.6. The molecular formula is C18H34N2. The summed E-state index contributed by atoms with van der Waals surface area (Å²) in [5.74, 6) is 1.91. The molecule has 0 amide bonds. The Kier molecular flexibility index (Phi) is 8.64. The molecule has 2 N–H and O–H groups in total. The van der Waals surface area contributed by atoms with Crippen LogP contribution in [-0.4, -0.2) is 12.8 Å². The van der Waals surface area contributed by atoms with E-state index >= 15 is 0 Å². The monoisotopic (exact) mass is 278 g/mol. The van der Waals surface area contributed by atoms with Gasteiger partial charge >= 0.3 is 0 Å². The minimum absolute atomic E-state index is 0.936. The fourth-order valence-electron chi connectivity index (χ4n) is 3.33. The summed E-state index contributed by atoms with van der Waals surface area (Å²) in [5.41, 5.74) is 2.02. The van der Waals surface area contributed by atoms with Crippen LogP contribution in [0.2, 0.25) is 0 Å². The number of allylic oxidation sites excluding steroid dienone is 1. The van der Waals surface area contributed by atoms with Gasteiger partial charge in [0.05, 0.1) is 0 Å².